The van der Waals surface area contributed by atoms with E-state index >= 15 is 0 Å². The van der Waals surface area contributed by atoms with Crippen LogP contribution in [-0.4, -0.2) is 15.7 Å². The van der Waals surface area contributed by atoms with Crippen LogP contribution in [0.2, 0.25) is 5.02 Å². The zero-order chi connectivity index (χ0) is 15.9. The number of benzene rings is 2. The van der Waals surface area contributed by atoms with E-state index in [9.17, 15) is 14.9 Å². The van der Waals surface area contributed by atoms with Crippen molar-refractivity contribution in [3.63, 3.8) is 0 Å². The molecule has 0 aromatic heterocycles. The number of alkyl halides is 1. The highest BCUT2D eigenvalue weighted by Gasteiger charge is 2.62. The predicted octanol–water partition coefficient (Wildman–Crippen LogP) is 3.87. The van der Waals surface area contributed by atoms with Crippen molar-refractivity contribution < 1.29 is 14.5 Å². The van der Waals surface area contributed by atoms with Gasteiger partial charge in [-0.3, -0.25) is 14.9 Å². The normalized spacial score (nSPS) is 23.5. The summed E-state index contributed by atoms with van der Waals surface area (Å²) in [6.45, 7) is 0. The fourth-order valence-corrected chi connectivity index (χ4v) is 2.77. The number of halogens is 2. The molecule has 2 atom stereocenters. The van der Waals surface area contributed by atoms with Gasteiger partial charge in [-0.15, -0.1) is 0 Å². The average molecular weight is 338 g/mol. The van der Waals surface area contributed by atoms with Gasteiger partial charge in [0, 0.05) is 10.6 Å². The summed E-state index contributed by atoms with van der Waals surface area (Å²) in [5.74, 6) is -0.522. The summed E-state index contributed by atoms with van der Waals surface area (Å²) in [5, 5.41) is 12.0. The van der Waals surface area contributed by atoms with Gasteiger partial charge in [0.25, 0.3) is 5.78 Å². The second-order valence-corrected chi connectivity index (χ2v) is 5.82. The average Bonchev–Trinajstić information content (AvgIpc) is 2.51. The number of nitro groups is 1. The SMILES string of the molecule is O=C1c2ccccc2O[C@H](c2ccc(Cl)cc2)[C@@]1(Cl)[N+](=O)[O-]. The van der Waals surface area contributed by atoms with Crippen molar-refractivity contribution in [3.8, 4) is 5.75 Å². The number of rotatable bonds is 2. The molecular formula is C15H9Cl2NO4. The lowest BCUT2D eigenvalue weighted by Crippen LogP contribution is -2.51. The third-order valence-corrected chi connectivity index (χ3v) is 4.24. The Labute approximate surface area is 135 Å². The molecule has 0 bridgehead atoms. The highest BCUT2D eigenvalue weighted by molar-refractivity contribution is 6.37. The number of para-hydroxylation sites is 1. The third kappa shape index (κ3) is 2.14. The zero-order valence-corrected chi connectivity index (χ0v) is 12.5. The number of ether oxygens (including phenoxy) is 1. The summed E-state index contributed by atoms with van der Waals surface area (Å²) in [7, 11) is 0. The molecule has 0 radical (unpaired) electrons. The molecule has 0 amide bonds. The van der Waals surface area contributed by atoms with Crippen LogP contribution in [0.15, 0.2) is 48.5 Å². The number of hydrogen-bond acceptors (Lipinski definition) is 4. The summed E-state index contributed by atoms with van der Waals surface area (Å²) in [6.07, 6.45) is -1.25. The van der Waals surface area contributed by atoms with Crippen LogP contribution in [0.5, 0.6) is 5.75 Å². The van der Waals surface area contributed by atoms with E-state index < -0.39 is 21.8 Å². The smallest absolute Gasteiger partial charge is 0.397 e. The number of carbonyl (C=O) groups is 1. The maximum absolute atomic E-state index is 12.6. The molecule has 0 spiro atoms. The quantitative estimate of drug-likeness (QED) is 0.361. The third-order valence-electron chi connectivity index (χ3n) is 3.48. The molecular weight excluding hydrogens is 329 g/mol. The molecule has 1 heterocycles. The Morgan fingerprint density at radius 2 is 1.77 bits per heavy atom. The second-order valence-electron chi connectivity index (χ2n) is 4.81. The minimum absolute atomic E-state index is 0.0967. The molecule has 3 rings (SSSR count). The Hall–Kier alpha value is -2.11. The van der Waals surface area contributed by atoms with Crippen molar-refractivity contribution in [1.82, 2.24) is 0 Å². The number of carbonyl (C=O) groups excluding carboxylic acids is 1. The molecule has 22 heavy (non-hydrogen) atoms. The second kappa shape index (κ2) is 5.26. The van der Waals surface area contributed by atoms with Crippen molar-refractivity contribution in [3.05, 3.63) is 74.8 Å². The van der Waals surface area contributed by atoms with Gasteiger partial charge in [-0.2, -0.15) is 0 Å². The Kier molecular flexibility index (Phi) is 3.54. The molecule has 2 aromatic carbocycles. The predicted molar refractivity (Wildman–Crippen MR) is 81.2 cm³/mol. The molecule has 1 aliphatic heterocycles. The molecule has 2 aromatic rings. The van der Waals surface area contributed by atoms with Crippen LogP contribution in [0.4, 0.5) is 0 Å². The summed E-state index contributed by atoms with van der Waals surface area (Å²) >= 11 is 11.9. The largest absolute Gasteiger partial charge is 0.475 e. The first kappa shape index (κ1) is 14.8. The fourth-order valence-electron chi connectivity index (χ4n) is 2.38. The van der Waals surface area contributed by atoms with Crippen molar-refractivity contribution in [2.24, 2.45) is 0 Å². The van der Waals surface area contributed by atoms with Crippen LogP contribution >= 0.6 is 23.2 Å². The molecule has 0 N–H and O–H groups in total. The van der Waals surface area contributed by atoms with E-state index in [0.717, 1.165) is 0 Å². The van der Waals surface area contributed by atoms with Crippen molar-refractivity contribution in [1.29, 1.82) is 0 Å². The summed E-state index contributed by atoms with van der Waals surface area (Å²) < 4.78 is 5.67. The van der Waals surface area contributed by atoms with E-state index in [-0.39, 0.29) is 11.3 Å². The number of nitrogens with zero attached hydrogens (tertiary/aromatic N) is 1. The number of hydrogen-bond donors (Lipinski definition) is 0. The number of Topliss-reactive ketones (excluding diaryl/α,β-unsaturated/α-hetero) is 1. The molecule has 5 nitrogen and oxygen atoms in total. The lowest BCUT2D eigenvalue weighted by Gasteiger charge is -2.32. The highest BCUT2D eigenvalue weighted by Crippen LogP contribution is 2.45. The molecule has 0 saturated carbocycles. The van der Waals surface area contributed by atoms with Gasteiger partial charge in [0.05, 0.1) is 10.5 Å². The maximum Gasteiger partial charge on any atom is 0.397 e. The topological polar surface area (TPSA) is 69.4 Å². The molecule has 7 heteroatoms. The standard InChI is InChI=1S/C15H9Cl2NO4/c16-10-7-5-9(6-8-10)14-15(17,18(20)21)13(19)11-3-1-2-4-12(11)22-14/h1-8,14H/t14-,15+/m1/s1. The van der Waals surface area contributed by atoms with Crippen molar-refractivity contribution >= 4 is 29.0 Å². The molecule has 112 valence electrons. The monoisotopic (exact) mass is 337 g/mol. The lowest BCUT2D eigenvalue weighted by atomic mass is 9.91. The maximum atomic E-state index is 12.6. The summed E-state index contributed by atoms with van der Waals surface area (Å²) in [5.41, 5.74) is 0.498. The van der Waals surface area contributed by atoms with Gasteiger partial charge < -0.3 is 4.74 Å². The first-order valence-corrected chi connectivity index (χ1v) is 7.09. The highest BCUT2D eigenvalue weighted by atomic mass is 35.5. The minimum Gasteiger partial charge on any atom is -0.475 e. The van der Waals surface area contributed by atoms with Crippen molar-refractivity contribution in [2.45, 2.75) is 11.1 Å². The minimum atomic E-state index is -2.41. The zero-order valence-electron chi connectivity index (χ0n) is 11.0. The molecule has 0 unspecified atom stereocenters. The van der Waals surface area contributed by atoms with E-state index in [4.69, 9.17) is 27.9 Å². The fraction of sp³-hybridized carbons (Fsp3) is 0.133. The van der Waals surface area contributed by atoms with Crippen LogP contribution < -0.4 is 4.74 Å². The number of fused-ring (bicyclic) bond motifs is 1. The summed E-state index contributed by atoms with van der Waals surface area (Å²) in [6, 6.07) is 12.5. The van der Waals surface area contributed by atoms with Crippen LogP contribution in [0, 0.1) is 10.1 Å². The van der Waals surface area contributed by atoms with E-state index in [1.54, 1.807) is 42.5 Å². The van der Waals surface area contributed by atoms with Gasteiger partial charge in [-0.25, -0.2) is 0 Å². The van der Waals surface area contributed by atoms with E-state index in [2.05, 4.69) is 0 Å². The molecule has 0 fully saturated rings. The first-order valence-electron chi connectivity index (χ1n) is 6.34. The van der Waals surface area contributed by atoms with Crippen LogP contribution in [0.25, 0.3) is 0 Å². The van der Waals surface area contributed by atoms with E-state index in [1.165, 1.54) is 6.07 Å². The Morgan fingerprint density at radius 3 is 2.41 bits per heavy atom. The van der Waals surface area contributed by atoms with Crippen LogP contribution in [0.3, 0.4) is 0 Å². The van der Waals surface area contributed by atoms with Crippen LogP contribution in [0.1, 0.15) is 22.0 Å². The summed E-state index contributed by atoms with van der Waals surface area (Å²) in [4.78, 5) is 20.8. The van der Waals surface area contributed by atoms with Gasteiger partial charge >= 0.3 is 5.00 Å². The van der Waals surface area contributed by atoms with E-state index in [1.807, 2.05) is 0 Å². The van der Waals surface area contributed by atoms with Crippen molar-refractivity contribution in [2.75, 3.05) is 0 Å². The van der Waals surface area contributed by atoms with Gasteiger partial charge in [0.1, 0.15) is 5.75 Å². The van der Waals surface area contributed by atoms with Gasteiger partial charge in [0.15, 0.2) is 0 Å². The lowest BCUT2D eigenvalue weighted by molar-refractivity contribution is -0.536. The van der Waals surface area contributed by atoms with Gasteiger partial charge in [-0.05, 0) is 35.9 Å². The Bertz CT molecular complexity index is 762. The van der Waals surface area contributed by atoms with Gasteiger partial charge in [0.2, 0.25) is 6.10 Å². The van der Waals surface area contributed by atoms with E-state index in [0.29, 0.717) is 10.6 Å². The number of ketones is 1. The Morgan fingerprint density at radius 1 is 1.14 bits per heavy atom. The Balaban J connectivity index is 2.18. The molecule has 1 aliphatic rings. The first-order chi connectivity index (χ1) is 10.4. The van der Waals surface area contributed by atoms with Crippen LogP contribution in [-0.2, 0) is 0 Å². The molecule has 0 saturated heterocycles. The molecule has 0 aliphatic carbocycles. The van der Waals surface area contributed by atoms with Gasteiger partial charge in [-0.1, -0.05) is 35.9 Å².